The Balaban J connectivity index is 1.39. The highest BCUT2D eigenvalue weighted by molar-refractivity contribution is 7.89. The van der Waals surface area contributed by atoms with Gasteiger partial charge in [0, 0.05) is 19.3 Å². The van der Waals surface area contributed by atoms with Gasteiger partial charge in [-0.1, -0.05) is 17.4 Å². The molecule has 0 spiro atoms. The molecule has 32 heavy (non-hydrogen) atoms. The van der Waals surface area contributed by atoms with Gasteiger partial charge < -0.3 is 0 Å². The van der Waals surface area contributed by atoms with E-state index < -0.39 is 10.0 Å². The van der Waals surface area contributed by atoms with Crippen molar-refractivity contribution >= 4 is 42.6 Å². The van der Waals surface area contributed by atoms with E-state index in [0.29, 0.717) is 45.5 Å². The van der Waals surface area contributed by atoms with Crippen LogP contribution in [0.3, 0.4) is 0 Å². The van der Waals surface area contributed by atoms with E-state index in [4.69, 9.17) is 0 Å². The average Bonchev–Trinajstić information content (AvgIpc) is 3.53. The smallest absolute Gasteiger partial charge is 0.260 e. The van der Waals surface area contributed by atoms with E-state index in [2.05, 4.69) is 20.4 Å². The van der Waals surface area contributed by atoms with E-state index >= 15 is 0 Å². The van der Waals surface area contributed by atoms with Gasteiger partial charge in [0.25, 0.3) is 5.91 Å². The second-order valence-corrected chi connectivity index (χ2v) is 10.4. The average molecular weight is 469 g/mol. The summed E-state index contributed by atoms with van der Waals surface area (Å²) >= 11 is 1.24. The summed E-state index contributed by atoms with van der Waals surface area (Å²) in [5, 5.41) is 7.47. The molecule has 1 saturated heterocycles. The van der Waals surface area contributed by atoms with Crippen LogP contribution in [0, 0.1) is 6.92 Å². The van der Waals surface area contributed by atoms with Crippen molar-refractivity contribution in [3.63, 3.8) is 0 Å². The highest BCUT2D eigenvalue weighted by Gasteiger charge is 2.27. The predicted molar refractivity (Wildman–Crippen MR) is 122 cm³/mol. The number of fused-ring (bicyclic) bond motifs is 1. The summed E-state index contributed by atoms with van der Waals surface area (Å²) in [6.07, 6.45) is 4.92. The lowest BCUT2D eigenvalue weighted by molar-refractivity contribution is 0.102. The fourth-order valence-corrected chi connectivity index (χ4v) is 6.22. The Morgan fingerprint density at radius 3 is 2.72 bits per heavy atom. The third-order valence-corrected chi connectivity index (χ3v) is 8.23. The van der Waals surface area contributed by atoms with Crippen LogP contribution in [0.2, 0.25) is 0 Å². The van der Waals surface area contributed by atoms with Crippen LogP contribution < -0.4 is 5.32 Å². The van der Waals surface area contributed by atoms with Crippen molar-refractivity contribution in [3.05, 3.63) is 60.0 Å². The molecule has 0 saturated carbocycles. The number of anilines is 1. The number of carbonyl (C=O) groups is 1. The molecular weight excluding hydrogens is 448 g/mol. The predicted octanol–water partition coefficient (Wildman–Crippen LogP) is 3.22. The summed E-state index contributed by atoms with van der Waals surface area (Å²) in [5.41, 5.74) is 1.69. The first-order valence-corrected chi connectivity index (χ1v) is 12.4. The number of hydrogen-bond acceptors (Lipinski definition) is 7. The summed E-state index contributed by atoms with van der Waals surface area (Å²) in [7, 11) is -3.51. The number of carbonyl (C=O) groups excluding carboxylic acids is 1. The molecule has 1 aromatic carbocycles. The van der Waals surface area contributed by atoms with Crippen molar-refractivity contribution in [1.82, 2.24) is 24.1 Å². The quantitative estimate of drug-likeness (QED) is 0.482. The highest BCUT2D eigenvalue weighted by atomic mass is 32.2. The number of thiazole rings is 1. The molecule has 0 aliphatic carbocycles. The van der Waals surface area contributed by atoms with Gasteiger partial charge >= 0.3 is 0 Å². The molecule has 9 nitrogen and oxygen atoms in total. The first kappa shape index (κ1) is 20.7. The third-order valence-electron chi connectivity index (χ3n) is 5.40. The Bertz CT molecular complexity index is 1410. The van der Waals surface area contributed by atoms with Crippen LogP contribution in [0.1, 0.15) is 28.9 Å². The minimum atomic E-state index is -3.51. The topological polar surface area (TPSA) is 110 Å². The lowest BCUT2D eigenvalue weighted by Gasteiger charge is -2.15. The maximum absolute atomic E-state index is 12.8. The van der Waals surface area contributed by atoms with E-state index in [0.717, 1.165) is 12.8 Å². The normalized spacial score (nSPS) is 14.8. The molecule has 3 aromatic heterocycles. The Hall–Kier alpha value is -3.15. The Kier molecular flexibility index (Phi) is 5.24. The number of benzene rings is 1. The van der Waals surface area contributed by atoms with Gasteiger partial charge in [-0.2, -0.15) is 9.40 Å². The van der Waals surface area contributed by atoms with Crippen LogP contribution in [0.5, 0.6) is 0 Å². The second kappa shape index (κ2) is 8.08. The lowest BCUT2D eigenvalue weighted by Crippen LogP contribution is -2.27. The fourth-order valence-electron chi connectivity index (χ4n) is 3.70. The molecule has 4 aromatic rings. The maximum atomic E-state index is 12.8. The zero-order valence-corrected chi connectivity index (χ0v) is 18.9. The van der Waals surface area contributed by atoms with Gasteiger partial charge in [0.1, 0.15) is 0 Å². The molecule has 0 bridgehead atoms. The minimum absolute atomic E-state index is 0.251. The van der Waals surface area contributed by atoms with Gasteiger partial charge in [0.15, 0.2) is 10.9 Å². The van der Waals surface area contributed by atoms with Crippen molar-refractivity contribution in [3.8, 4) is 5.82 Å². The van der Waals surface area contributed by atoms with Gasteiger partial charge in [0.2, 0.25) is 10.0 Å². The van der Waals surface area contributed by atoms with Gasteiger partial charge in [0.05, 0.1) is 32.6 Å². The molecule has 4 heterocycles. The van der Waals surface area contributed by atoms with Gasteiger partial charge in [-0.05, 0) is 50.1 Å². The van der Waals surface area contributed by atoms with Gasteiger partial charge in [-0.15, -0.1) is 0 Å². The number of pyridine rings is 1. The Labute approximate surface area is 188 Å². The Morgan fingerprint density at radius 2 is 1.97 bits per heavy atom. The van der Waals surface area contributed by atoms with E-state index in [1.807, 2.05) is 18.2 Å². The monoisotopic (exact) mass is 468 g/mol. The molecule has 164 valence electrons. The summed E-state index contributed by atoms with van der Waals surface area (Å²) in [4.78, 5) is 21.8. The van der Waals surface area contributed by atoms with E-state index in [-0.39, 0.29) is 10.8 Å². The van der Waals surface area contributed by atoms with Crippen LogP contribution in [0.4, 0.5) is 5.13 Å². The van der Waals surface area contributed by atoms with E-state index in [1.165, 1.54) is 21.8 Å². The number of nitrogens with zero attached hydrogens (tertiary/aromatic N) is 5. The van der Waals surface area contributed by atoms with Crippen LogP contribution >= 0.6 is 11.3 Å². The standard InChI is InChI=1S/C21H20N6O3S2/c1-14-16(13-23-27(14)19-6-2-3-9-22-19)20(28)25-21-24-17-8-7-15(12-18(17)31-21)32(29,30)26-10-4-5-11-26/h2-3,6-9,12-13H,4-5,10-11H2,1H3,(H,24,25,28). The van der Waals surface area contributed by atoms with Crippen LogP contribution in [-0.2, 0) is 10.0 Å². The molecule has 0 atom stereocenters. The van der Waals surface area contributed by atoms with E-state index in [1.54, 1.807) is 36.0 Å². The first-order valence-electron chi connectivity index (χ1n) is 10.1. The van der Waals surface area contributed by atoms with Crippen molar-refractivity contribution in [2.75, 3.05) is 18.4 Å². The first-order chi connectivity index (χ1) is 15.4. The molecule has 1 aliphatic heterocycles. The number of nitrogens with one attached hydrogen (secondary N) is 1. The third kappa shape index (κ3) is 3.68. The second-order valence-electron chi connectivity index (χ2n) is 7.46. The van der Waals surface area contributed by atoms with Crippen LogP contribution in [0.25, 0.3) is 16.0 Å². The summed E-state index contributed by atoms with van der Waals surface area (Å²) in [6, 6.07) is 10.3. The zero-order valence-electron chi connectivity index (χ0n) is 17.2. The van der Waals surface area contributed by atoms with Crippen molar-refractivity contribution in [2.24, 2.45) is 0 Å². The molecule has 1 aliphatic rings. The van der Waals surface area contributed by atoms with Gasteiger partial charge in [-0.25, -0.2) is 23.1 Å². The number of hydrogen-bond donors (Lipinski definition) is 1. The summed E-state index contributed by atoms with van der Waals surface area (Å²) < 4.78 is 29.5. The largest absolute Gasteiger partial charge is 0.298 e. The Morgan fingerprint density at radius 1 is 1.16 bits per heavy atom. The van der Waals surface area contributed by atoms with Gasteiger partial charge in [-0.3, -0.25) is 10.1 Å². The zero-order chi connectivity index (χ0) is 22.3. The van der Waals surface area contributed by atoms with Crippen molar-refractivity contribution in [2.45, 2.75) is 24.7 Å². The van der Waals surface area contributed by atoms with Crippen molar-refractivity contribution < 1.29 is 13.2 Å². The molecule has 0 unspecified atom stereocenters. The molecular formula is C21H20N6O3S2. The summed E-state index contributed by atoms with van der Waals surface area (Å²) in [5.74, 6) is 0.282. The molecule has 1 N–H and O–H groups in total. The molecule has 11 heteroatoms. The van der Waals surface area contributed by atoms with Crippen LogP contribution in [0.15, 0.2) is 53.7 Å². The SMILES string of the molecule is Cc1c(C(=O)Nc2nc3ccc(S(=O)(=O)N4CCCC4)cc3s2)cnn1-c1ccccn1. The fraction of sp³-hybridized carbons (Fsp3) is 0.238. The van der Waals surface area contributed by atoms with Crippen LogP contribution in [-0.4, -0.2) is 51.5 Å². The molecule has 1 fully saturated rings. The van der Waals surface area contributed by atoms with Crippen molar-refractivity contribution in [1.29, 1.82) is 0 Å². The highest BCUT2D eigenvalue weighted by Crippen LogP contribution is 2.30. The number of rotatable bonds is 5. The molecule has 1 amide bonds. The maximum Gasteiger partial charge on any atom is 0.260 e. The molecule has 0 radical (unpaired) electrons. The summed E-state index contributed by atoms with van der Waals surface area (Å²) in [6.45, 7) is 2.90. The molecule has 5 rings (SSSR count). The number of amides is 1. The minimum Gasteiger partial charge on any atom is -0.298 e. The number of sulfonamides is 1. The number of aromatic nitrogens is 4. The van der Waals surface area contributed by atoms with E-state index in [9.17, 15) is 13.2 Å². The lowest BCUT2D eigenvalue weighted by atomic mass is 10.2.